The fourth-order valence-corrected chi connectivity index (χ4v) is 1.52. The molecular formula is C7H16BNS. The Labute approximate surface area is 69.8 Å². The molecule has 1 rings (SSSR count). The van der Waals surface area contributed by atoms with Gasteiger partial charge in [-0.25, -0.2) is 0 Å². The topological polar surface area (TPSA) is 12.0 Å². The molecule has 0 spiro atoms. The standard InChI is InChI=1S/C7H16BNS/c1-2-3-4-9-7(10)5-6(7)8/h6,9-10H,2-5,8H2,1H3. The van der Waals surface area contributed by atoms with Crippen LogP contribution in [0.2, 0.25) is 5.82 Å². The molecule has 0 heterocycles. The van der Waals surface area contributed by atoms with Crippen molar-refractivity contribution in [2.75, 3.05) is 6.54 Å². The van der Waals surface area contributed by atoms with Gasteiger partial charge in [0.05, 0.1) is 4.87 Å². The van der Waals surface area contributed by atoms with Gasteiger partial charge in [-0.15, -0.1) is 0 Å². The first-order valence-corrected chi connectivity index (χ1v) is 4.61. The average Bonchev–Trinajstić information content (AvgIpc) is 2.42. The minimum absolute atomic E-state index is 0.204. The summed E-state index contributed by atoms with van der Waals surface area (Å²) in [6.45, 7) is 3.34. The van der Waals surface area contributed by atoms with Gasteiger partial charge >= 0.3 is 0 Å². The van der Waals surface area contributed by atoms with Crippen LogP contribution in [0.3, 0.4) is 0 Å². The molecular weight excluding hydrogens is 141 g/mol. The van der Waals surface area contributed by atoms with Gasteiger partial charge in [-0.05, 0) is 25.2 Å². The zero-order chi connectivity index (χ0) is 7.61. The van der Waals surface area contributed by atoms with Crippen LogP contribution < -0.4 is 5.32 Å². The van der Waals surface area contributed by atoms with Crippen LogP contribution in [0.25, 0.3) is 0 Å². The van der Waals surface area contributed by atoms with Gasteiger partial charge in [0.15, 0.2) is 0 Å². The molecule has 58 valence electrons. The maximum absolute atomic E-state index is 4.52. The Bertz CT molecular complexity index is 120. The van der Waals surface area contributed by atoms with Crippen molar-refractivity contribution >= 4 is 20.5 Å². The van der Waals surface area contributed by atoms with Crippen molar-refractivity contribution in [3.8, 4) is 0 Å². The fourth-order valence-electron chi connectivity index (χ4n) is 1.14. The Hall–Kier alpha value is 0.375. The van der Waals surface area contributed by atoms with Gasteiger partial charge in [0, 0.05) is 0 Å². The molecule has 1 N–H and O–H groups in total. The van der Waals surface area contributed by atoms with E-state index in [1.807, 2.05) is 0 Å². The number of hydrogen-bond acceptors (Lipinski definition) is 2. The molecule has 0 aromatic carbocycles. The molecule has 1 aliphatic carbocycles. The van der Waals surface area contributed by atoms with Crippen molar-refractivity contribution in [3.63, 3.8) is 0 Å². The second kappa shape index (κ2) is 3.18. The maximum Gasteiger partial charge on any atom is 0.109 e. The number of thiol groups is 1. The summed E-state index contributed by atoms with van der Waals surface area (Å²) in [5.41, 5.74) is 0. The van der Waals surface area contributed by atoms with E-state index in [9.17, 15) is 0 Å². The predicted molar refractivity (Wildman–Crippen MR) is 51.5 cm³/mol. The lowest BCUT2D eigenvalue weighted by atomic mass is 10.0. The van der Waals surface area contributed by atoms with Crippen LogP contribution in [0.15, 0.2) is 0 Å². The number of nitrogens with one attached hydrogen (secondary N) is 1. The number of unbranched alkanes of at least 4 members (excludes halogenated alkanes) is 1. The van der Waals surface area contributed by atoms with Crippen LogP contribution in [0.1, 0.15) is 26.2 Å². The van der Waals surface area contributed by atoms with Crippen LogP contribution in [-0.2, 0) is 0 Å². The summed E-state index contributed by atoms with van der Waals surface area (Å²) < 4.78 is 0. The normalized spacial score (nSPS) is 38.0. The Morgan fingerprint density at radius 2 is 2.40 bits per heavy atom. The summed E-state index contributed by atoms with van der Waals surface area (Å²) >= 11 is 4.52. The second-order valence-corrected chi connectivity index (χ2v) is 4.11. The van der Waals surface area contributed by atoms with Gasteiger partial charge in [-0.3, -0.25) is 0 Å². The van der Waals surface area contributed by atoms with Crippen molar-refractivity contribution in [1.82, 2.24) is 5.32 Å². The van der Waals surface area contributed by atoms with E-state index in [1.165, 1.54) is 19.3 Å². The molecule has 0 radical (unpaired) electrons. The van der Waals surface area contributed by atoms with E-state index >= 15 is 0 Å². The zero-order valence-electron chi connectivity index (χ0n) is 6.85. The third-order valence-electron chi connectivity index (χ3n) is 2.23. The molecule has 0 aromatic rings. The van der Waals surface area contributed by atoms with E-state index in [0.717, 1.165) is 12.4 Å². The lowest BCUT2D eigenvalue weighted by Crippen LogP contribution is -2.27. The Balaban J connectivity index is 2.03. The minimum atomic E-state index is 0.204. The highest BCUT2D eigenvalue weighted by Gasteiger charge is 2.46. The summed E-state index contributed by atoms with van der Waals surface area (Å²) in [5.74, 6) is 0.771. The molecule has 0 amide bonds. The van der Waals surface area contributed by atoms with Gasteiger partial charge in [0.25, 0.3) is 0 Å². The lowest BCUT2D eigenvalue weighted by Gasteiger charge is -2.10. The molecule has 1 nitrogen and oxygen atoms in total. The Morgan fingerprint density at radius 3 is 2.80 bits per heavy atom. The number of hydrogen-bond donors (Lipinski definition) is 2. The third kappa shape index (κ3) is 1.93. The first-order valence-electron chi connectivity index (χ1n) is 4.16. The van der Waals surface area contributed by atoms with Gasteiger partial charge < -0.3 is 5.32 Å². The van der Waals surface area contributed by atoms with Gasteiger partial charge in [0.2, 0.25) is 0 Å². The average molecular weight is 157 g/mol. The highest BCUT2D eigenvalue weighted by atomic mass is 32.1. The molecule has 2 atom stereocenters. The van der Waals surface area contributed by atoms with Crippen molar-refractivity contribution < 1.29 is 0 Å². The molecule has 0 aliphatic heterocycles. The van der Waals surface area contributed by atoms with Crippen molar-refractivity contribution in [2.24, 2.45) is 0 Å². The molecule has 0 saturated heterocycles. The highest BCUT2D eigenvalue weighted by Crippen LogP contribution is 2.49. The summed E-state index contributed by atoms with van der Waals surface area (Å²) in [6.07, 6.45) is 3.78. The molecule has 3 heteroatoms. The molecule has 0 bridgehead atoms. The van der Waals surface area contributed by atoms with E-state index in [4.69, 9.17) is 0 Å². The molecule has 2 unspecified atom stereocenters. The van der Waals surface area contributed by atoms with Crippen molar-refractivity contribution in [2.45, 2.75) is 36.9 Å². The van der Waals surface area contributed by atoms with Crippen molar-refractivity contribution in [3.05, 3.63) is 0 Å². The minimum Gasteiger partial charge on any atom is -0.303 e. The summed E-state index contributed by atoms with van der Waals surface area (Å²) in [4.78, 5) is 0.204. The fraction of sp³-hybridized carbons (Fsp3) is 1.00. The zero-order valence-corrected chi connectivity index (χ0v) is 7.75. The smallest absolute Gasteiger partial charge is 0.109 e. The van der Waals surface area contributed by atoms with E-state index in [1.54, 1.807) is 0 Å². The molecule has 1 saturated carbocycles. The largest absolute Gasteiger partial charge is 0.303 e. The second-order valence-electron chi connectivity index (χ2n) is 3.31. The monoisotopic (exact) mass is 157 g/mol. The van der Waals surface area contributed by atoms with Crippen LogP contribution >= 0.6 is 12.6 Å². The van der Waals surface area contributed by atoms with Gasteiger partial charge in [-0.2, -0.15) is 12.6 Å². The summed E-state index contributed by atoms with van der Waals surface area (Å²) in [6, 6.07) is 0. The van der Waals surface area contributed by atoms with Gasteiger partial charge in [-0.1, -0.05) is 13.3 Å². The highest BCUT2D eigenvalue weighted by molar-refractivity contribution is 7.82. The summed E-state index contributed by atoms with van der Waals surface area (Å²) in [7, 11) is 2.24. The lowest BCUT2D eigenvalue weighted by molar-refractivity contribution is 0.612. The first-order chi connectivity index (χ1) is 4.69. The predicted octanol–water partition coefficient (Wildman–Crippen LogP) is 0.828. The molecule has 1 fully saturated rings. The molecule has 0 aromatic heterocycles. The molecule has 10 heavy (non-hydrogen) atoms. The quantitative estimate of drug-likeness (QED) is 0.266. The Morgan fingerprint density at radius 1 is 1.80 bits per heavy atom. The first kappa shape index (κ1) is 8.47. The molecule has 1 aliphatic rings. The summed E-state index contributed by atoms with van der Waals surface area (Å²) in [5, 5.41) is 3.45. The van der Waals surface area contributed by atoms with E-state index in [2.05, 4.69) is 32.7 Å². The Kier molecular flexibility index (Phi) is 2.70. The van der Waals surface area contributed by atoms with E-state index < -0.39 is 0 Å². The van der Waals surface area contributed by atoms with Crippen LogP contribution in [0.4, 0.5) is 0 Å². The van der Waals surface area contributed by atoms with E-state index in [-0.39, 0.29) is 4.87 Å². The van der Waals surface area contributed by atoms with E-state index in [0.29, 0.717) is 0 Å². The third-order valence-corrected chi connectivity index (χ3v) is 3.02. The van der Waals surface area contributed by atoms with Crippen molar-refractivity contribution in [1.29, 1.82) is 0 Å². The SMILES string of the molecule is BC1CC1(S)NCCCC. The van der Waals surface area contributed by atoms with Crippen LogP contribution in [0, 0.1) is 0 Å². The van der Waals surface area contributed by atoms with Gasteiger partial charge in [0.1, 0.15) is 7.85 Å². The van der Waals surface area contributed by atoms with Crippen LogP contribution in [-0.4, -0.2) is 19.3 Å². The van der Waals surface area contributed by atoms with Crippen LogP contribution in [0.5, 0.6) is 0 Å². The number of rotatable bonds is 4. The maximum atomic E-state index is 4.52.